The fourth-order valence-corrected chi connectivity index (χ4v) is 4.88. The summed E-state index contributed by atoms with van der Waals surface area (Å²) in [6.07, 6.45) is 1.85. The van der Waals surface area contributed by atoms with Gasteiger partial charge in [0.1, 0.15) is 11.5 Å². The molecule has 8 nitrogen and oxygen atoms in total. The lowest BCUT2D eigenvalue weighted by Crippen LogP contribution is -2.53. The van der Waals surface area contributed by atoms with Crippen molar-refractivity contribution in [3.05, 3.63) is 24.3 Å². The molecule has 2 heterocycles. The van der Waals surface area contributed by atoms with Crippen LogP contribution in [0.5, 0.6) is 11.5 Å². The van der Waals surface area contributed by atoms with E-state index in [0.29, 0.717) is 37.6 Å². The van der Waals surface area contributed by atoms with Gasteiger partial charge in [-0.3, -0.25) is 4.79 Å². The summed E-state index contributed by atoms with van der Waals surface area (Å²) < 4.78 is 35.8. The summed E-state index contributed by atoms with van der Waals surface area (Å²) in [6.45, 7) is 1.28. The van der Waals surface area contributed by atoms with Crippen LogP contribution in [0.2, 0.25) is 0 Å². The summed E-state index contributed by atoms with van der Waals surface area (Å²) in [7, 11) is -1.74. The molecule has 2 saturated heterocycles. The number of ether oxygens (including phenoxy) is 2. The molecule has 150 valence electrons. The summed E-state index contributed by atoms with van der Waals surface area (Å²) in [5.41, 5.74) is -0.600. The molecule has 0 unspecified atom stereocenters. The van der Waals surface area contributed by atoms with Crippen molar-refractivity contribution in [2.45, 2.75) is 6.42 Å². The molecule has 0 aromatic heterocycles. The Morgan fingerprint density at radius 2 is 1.93 bits per heavy atom. The van der Waals surface area contributed by atoms with Crippen molar-refractivity contribution in [1.29, 1.82) is 0 Å². The second-order valence-electron chi connectivity index (χ2n) is 7.34. The quantitative estimate of drug-likeness (QED) is 0.734. The third-order valence-electron chi connectivity index (χ3n) is 5.59. The van der Waals surface area contributed by atoms with Crippen LogP contribution in [0.4, 0.5) is 0 Å². The molecule has 1 N–H and O–H groups in total. The SMILES string of the molecule is COc1ccc(OCC(=O)N2CC[C@H]3CN(S(C)(=O)=O)C[C@@]3(CO)C2)cc1. The normalized spacial score (nSPS) is 25.9. The Kier molecular flexibility index (Phi) is 5.64. The molecule has 3 rings (SSSR count). The molecule has 2 fully saturated rings. The molecule has 1 aromatic carbocycles. The monoisotopic (exact) mass is 398 g/mol. The Balaban J connectivity index is 1.62. The molecular weight excluding hydrogens is 372 g/mol. The van der Waals surface area contributed by atoms with Gasteiger partial charge in [-0.1, -0.05) is 0 Å². The maximum absolute atomic E-state index is 12.6. The van der Waals surface area contributed by atoms with E-state index in [9.17, 15) is 18.3 Å². The number of hydrogen-bond donors (Lipinski definition) is 1. The molecule has 0 aliphatic carbocycles. The summed E-state index contributed by atoms with van der Waals surface area (Å²) in [4.78, 5) is 14.3. The van der Waals surface area contributed by atoms with Crippen LogP contribution in [0.3, 0.4) is 0 Å². The first-order valence-electron chi connectivity index (χ1n) is 8.88. The average Bonchev–Trinajstić information content (AvgIpc) is 3.06. The average molecular weight is 398 g/mol. The topological polar surface area (TPSA) is 96.4 Å². The third-order valence-corrected chi connectivity index (χ3v) is 6.81. The number of rotatable bonds is 6. The van der Waals surface area contributed by atoms with E-state index in [-0.39, 0.29) is 31.6 Å². The van der Waals surface area contributed by atoms with Gasteiger partial charge in [0, 0.05) is 31.6 Å². The zero-order valence-corrected chi connectivity index (χ0v) is 16.4. The number of amides is 1. The van der Waals surface area contributed by atoms with Crippen molar-refractivity contribution in [2.75, 3.05) is 52.8 Å². The van der Waals surface area contributed by atoms with Crippen LogP contribution in [-0.2, 0) is 14.8 Å². The number of carbonyl (C=O) groups excluding carboxylic acids is 1. The smallest absolute Gasteiger partial charge is 0.260 e. The molecule has 0 radical (unpaired) electrons. The fraction of sp³-hybridized carbons (Fsp3) is 0.611. The number of nitrogens with zero attached hydrogens (tertiary/aromatic N) is 2. The second-order valence-corrected chi connectivity index (χ2v) is 9.32. The van der Waals surface area contributed by atoms with Crippen molar-refractivity contribution < 1.29 is 27.8 Å². The van der Waals surface area contributed by atoms with Gasteiger partial charge in [0.15, 0.2) is 6.61 Å². The highest BCUT2D eigenvalue weighted by Crippen LogP contribution is 2.42. The number of benzene rings is 1. The predicted molar refractivity (Wildman–Crippen MR) is 99.1 cm³/mol. The minimum Gasteiger partial charge on any atom is -0.497 e. The molecule has 0 bridgehead atoms. The van der Waals surface area contributed by atoms with E-state index < -0.39 is 15.4 Å². The van der Waals surface area contributed by atoms with Crippen LogP contribution in [0, 0.1) is 11.3 Å². The van der Waals surface area contributed by atoms with Crippen LogP contribution in [0.1, 0.15) is 6.42 Å². The van der Waals surface area contributed by atoms with E-state index in [2.05, 4.69) is 0 Å². The lowest BCUT2D eigenvalue weighted by atomic mass is 9.74. The molecule has 2 aliphatic rings. The standard InChI is InChI=1S/C18H26N2O6S/c1-25-15-3-5-16(6-4-15)26-10-17(22)19-8-7-14-9-20(27(2,23)24)12-18(14,11-19)13-21/h3-6,14,21H,7-13H2,1-2H3/t14-,18+/m0/s1. The van der Waals surface area contributed by atoms with Crippen LogP contribution in [0.15, 0.2) is 24.3 Å². The molecule has 2 aliphatic heterocycles. The van der Waals surface area contributed by atoms with E-state index in [1.54, 1.807) is 36.3 Å². The van der Waals surface area contributed by atoms with Gasteiger partial charge in [-0.15, -0.1) is 0 Å². The van der Waals surface area contributed by atoms with Crippen LogP contribution in [-0.4, -0.2) is 81.4 Å². The van der Waals surface area contributed by atoms with Gasteiger partial charge in [0.2, 0.25) is 10.0 Å². The third kappa shape index (κ3) is 4.20. The first kappa shape index (κ1) is 19.9. The molecule has 0 spiro atoms. The fourth-order valence-electron chi connectivity index (χ4n) is 3.93. The van der Waals surface area contributed by atoms with Crippen molar-refractivity contribution in [3.8, 4) is 11.5 Å². The van der Waals surface area contributed by atoms with Gasteiger partial charge < -0.3 is 19.5 Å². The van der Waals surface area contributed by atoms with Crippen molar-refractivity contribution in [3.63, 3.8) is 0 Å². The van der Waals surface area contributed by atoms with Gasteiger partial charge in [-0.2, -0.15) is 0 Å². The Bertz CT molecular complexity index is 782. The number of fused-ring (bicyclic) bond motifs is 1. The number of carbonyl (C=O) groups is 1. The lowest BCUT2D eigenvalue weighted by molar-refractivity contribution is -0.138. The van der Waals surface area contributed by atoms with Crippen LogP contribution < -0.4 is 9.47 Å². The minimum absolute atomic E-state index is 0.0591. The van der Waals surface area contributed by atoms with Gasteiger partial charge in [-0.05, 0) is 36.6 Å². The van der Waals surface area contributed by atoms with Crippen LogP contribution in [0.25, 0.3) is 0 Å². The first-order chi connectivity index (χ1) is 12.8. The zero-order valence-electron chi connectivity index (χ0n) is 15.6. The maximum Gasteiger partial charge on any atom is 0.260 e. The molecule has 0 saturated carbocycles. The van der Waals surface area contributed by atoms with E-state index in [1.807, 2.05) is 0 Å². The summed E-state index contributed by atoms with van der Waals surface area (Å²) in [5.74, 6) is 1.16. The number of sulfonamides is 1. The second kappa shape index (κ2) is 7.65. The van der Waals surface area contributed by atoms with E-state index >= 15 is 0 Å². The van der Waals surface area contributed by atoms with Gasteiger partial charge in [0.05, 0.1) is 20.0 Å². The van der Waals surface area contributed by atoms with Gasteiger partial charge >= 0.3 is 0 Å². The number of aliphatic hydroxyl groups is 1. The predicted octanol–water partition coefficient (Wildman–Crippen LogP) is 0.176. The molecule has 1 amide bonds. The molecule has 27 heavy (non-hydrogen) atoms. The highest BCUT2D eigenvalue weighted by atomic mass is 32.2. The van der Waals surface area contributed by atoms with Gasteiger partial charge in [0.25, 0.3) is 5.91 Å². The number of piperidine rings is 1. The van der Waals surface area contributed by atoms with Gasteiger partial charge in [-0.25, -0.2) is 12.7 Å². The number of methoxy groups -OCH3 is 1. The zero-order chi connectivity index (χ0) is 19.7. The Hall–Kier alpha value is -1.84. The summed E-state index contributed by atoms with van der Waals surface area (Å²) in [6, 6.07) is 6.97. The maximum atomic E-state index is 12.6. The highest BCUT2D eigenvalue weighted by molar-refractivity contribution is 7.88. The molecule has 1 aromatic rings. The number of likely N-dealkylation sites (tertiary alicyclic amines) is 1. The minimum atomic E-state index is -3.31. The Labute approximate surface area is 159 Å². The van der Waals surface area contributed by atoms with E-state index in [1.165, 1.54) is 10.6 Å². The van der Waals surface area contributed by atoms with Crippen LogP contribution >= 0.6 is 0 Å². The molecular formula is C18H26N2O6S. The van der Waals surface area contributed by atoms with Crippen molar-refractivity contribution in [1.82, 2.24) is 9.21 Å². The molecule has 9 heteroatoms. The highest BCUT2D eigenvalue weighted by Gasteiger charge is 2.52. The van der Waals surface area contributed by atoms with Crippen molar-refractivity contribution in [2.24, 2.45) is 11.3 Å². The lowest BCUT2D eigenvalue weighted by Gasteiger charge is -2.43. The van der Waals surface area contributed by atoms with Crippen molar-refractivity contribution >= 4 is 15.9 Å². The Morgan fingerprint density at radius 1 is 1.26 bits per heavy atom. The van der Waals surface area contributed by atoms with E-state index in [4.69, 9.17) is 9.47 Å². The number of aliphatic hydroxyl groups excluding tert-OH is 1. The summed E-state index contributed by atoms with van der Waals surface area (Å²) in [5, 5.41) is 9.99. The molecule has 2 atom stereocenters. The summed E-state index contributed by atoms with van der Waals surface area (Å²) >= 11 is 0. The first-order valence-corrected chi connectivity index (χ1v) is 10.7. The van der Waals surface area contributed by atoms with E-state index in [0.717, 1.165) is 0 Å². The Morgan fingerprint density at radius 3 is 2.52 bits per heavy atom. The number of hydrogen-bond acceptors (Lipinski definition) is 6. The largest absolute Gasteiger partial charge is 0.497 e.